The summed E-state index contributed by atoms with van der Waals surface area (Å²) >= 11 is 0. The predicted molar refractivity (Wildman–Crippen MR) is 74.5 cm³/mol. The highest BCUT2D eigenvalue weighted by atomic mass is 16.5. The van der Waals surface area contributed by atoms with Gasteiger partial charge in [-0.1, -0.05) is 35.5 Å². The lowest BCUT2D eigenvalue weighted by Gasteiger charge is -2.06. The lowest BCUT2D eigenvalue weighted by molar-refractivity contribution is -0.143. The third-order valence-electron chi connectivity index (χ3n) is 2.90. The number of amides is 1. The van der Waals surface area contributed by atoms with Crippen molar-refractivity contribution in [2.24, 2.45) is 0 Å². The van der Waals surface area contributed by atoms with E-state index in [0.29, 0.717) is 17.0 Å². The summed E-state index contributed by atoms with van der Waals surface area (Å²) < 4.78 is 9.97. The maximum atomic E-state index is 11.9. The minimum absolute atomic E-state index is 0.181. The van der Waals surface area contributed by atoms with Crippen LogP contribution in [-0.2, 0) is 16.1 Å². The van der Waals surface area contributed by atoms with Crippen LogP contribution < -0.4 is 5.32 Å². The summed E-state index contributed by atoms with van der Waals surface area (Å²) in [6, 6.07) is 9.32. The average molecular weight is 288 g/mol. The molecule has 0 spiro atoms. The topological polar surface area (TPSA) is 81.4 Å². The van der Waals surface area contributed by atoms with Gasteiger partial charge in [-0.05, 0) is 19.4 Å². The van der Waals surface area contributed by atoms with Gasteiger partial charge in [0.2, 0.25) is 0 Å². The summed E-state index contributed by atoms with van der Waals surface area (Å²) in [5.74, 6) is -0.482. The molecule has 0 unspecified atom stereocenters. The first kappa shape index (κ1) is 14.8. The lowest BCUT2D eigenvalue weighted by Crippen LogP contribution is -2.31. The Morgan fingerprint density at radius 3 is 2.57 bits per heavy atom. The molecule has 0 fully saturated rings. The van der Waals surface area contributed by atoms with Crippen molar-refractivity contribution in [2.75, 3.05) is 6.54 Å². The highest BCUT2D eigenvalue weighted by molar-refractivity contribution is 5.97. The molecule has 6 heteroatoms. The number of hydrogen-bond acceptors (Lipinski definition) is 5. The largest absolute Gasteiger partial charge is 0.460 e. The summed E-state index contributed by atoms with van der Waals surface area (Å²) in [6.07, 6.45) is 0. The van der Waals surface area contributed by atoms with Crippen molar-refractivity contribution in [2.45, 2.75) is 20.5 Å². The Kier molecular flexibility index (Phi) is 4.71. The zero-order chi connectivity index (χ0) is 15.2. The molecule has 1 heterocycles. The summed E-state index contributed by atoms with van der Waals surface area (Å²) in [5.41, 5.74) is 1.73. The fraction of sp³-hybridized carbons (Fsp3) is 0.267. The van der Waals surface area contributed by atoms with E-state index in [1.165, 1.54) is 0 Å². The Morgan fingerprint density at radius 1 is 1.24 bits per heavy atom. The van der Waals surface area contributed by atoms with E-state index in [4.69, 9.17) is 9.26 Å². The molecule has 21 heavy (non-hydrogen) atoms. The third-order valence-corrected chi connectivity index (χ3v) is 2.90. The molecule has 1 amide bonds. The van der Waals surface area contributed by atoms with Gasteiger partial charge in [0.05, 0.1) is 5.69 Å². The molecular formula is C15H16N2O4. The van der Waals surface area contributed by atoms with Gasteiger partial charge in [0.25, 0.3) is 5.91 Å². The Morgan fingerprint density at radius 2 is 1.95 bits per heavy atom. The van der Waals surface area contributed by atoms with Gasteiger partial charge in [0, 0.05) is 0 Å². The molecule has 6 nitrogen and oxygen atoms in total. The molecule has 0 atom stereocenters. The second kappa shape index (κ2) is 6.69. The summed E-state index contributed by atoms with van der Waals surface area (Å²) in [5, 5.41) is 6.18. The van der Waals surface area contributed by atoms with Gasteiger partial charge in [-0.25, -0.2) is 0 Å². The second-order valence-corrected chi connectivity index (χ2v) is 4.53. The maximum absolute atomic E-state index is 11.9. The number of ether oxygens (including phenoxy) is 1. The molecule has 0 aliphatic carbocycles. The molecule has 1 N–H and O–H groups in total. The number of benzene rings is 1. The molecule has 0 aliphatic rings. The number of aromatic nitrogens is 1. The summed E-state index contributed by atoms with van der Waals surface area (Å²) in [6.45, 7) is 3.29. The number of carbonyl (C=O) groups excluding carboxylic acids is 2. The lowest BCUT2D eigenvalue weighted by atomic mass is 10.2. The van der Waals surface area contributed by atoms with Gasteiger partial charge in [-0.3, -0.25) is 9.59 Å². The molecule has 0 bridgehead atoms. The van der Waals surface area contributed by atoms with Crippen LogP contribution in [0, 0.1) is 13.8 Å². The van der Waals surface area contributed by atoms with Crippen molar-refractivity contribution in [3.63, 3.8) is 0 Å². The SMILES string of the molecule is Cc1noc(C)c1C(=O)NCC(=O)OCc1ccccc1. The fourth-order valence-electron chi connectivity index (χ4n) is 1.84. The molecular weight excluding hydrogens is 272 g/mol. The zero-order valence-corrected chi connectivity index (χ0v) is 11.9. The van der Waals surface area contributed by atoms with Crippen LogP contribution in [0.3, 0.4) is 0 Å². The Labute approximate surface area is 122 Å². The molecule has 0 saturated carbocycles. The number of aryl methyl sites for hydroxylation is 2. The van der Waals surface area contributed by atoms with Gasteiger partial charge in [0.1, 0.15) is 24.5 Å². The zero-order valence-electron chi connectivity index (χ0n) is 11.9. The van der Waals surface area contributed by atoms with Gasteiger partial charge in [0.15, 0.2) is 0 Å². The van der Waals surface area contributed by atoms with E-state index < -0.39 is 11.9 Å². The molecule has 0 aliphatic heterocycles. The predicted octanol–water partition coefficient (Wildman–Crippen LogP) is 1.76. The first-order valence-corrected chi connectivity index (χ1v) is 6.48. The number of carbonyl (C=O) groups is 2. The highest BCUT2D eigenvalue weighted by Crippen LogP contribution is 2.11. The number of nitrogens with zero attached hydrogens (tertiary/aromatic N) is 1. The van der Waals surface area contributed by atoms with Gasteiger partial charge >= 0.3 is 5.97 Å². The number of nitrogens with one attached hydrogen (secondary N) is 1. The molecule has 1 aromatic heterocycles. The summed E-state index contributed by atoms with van der Waals surface area (Å²) in [7, 11) is 0. The number of hydrogen-bond donors (Lipinski definition) is 1. The van der Waals surface area contributed by atoms with Crippen LogP contribution in [0.1, 0.15) is 27.4 Å². The quantitative estimate of drug-likeness (QED) is 0.848. The van der Waals surface area contributed by atoms with Gasteiger partial charge in [-0.2, -0.15) is 0 Å². The van der Waals surface area contributed by atoms with Crippen molar-refractivity contribution < 1.29 is 18.8 Å². The van der Waals surface area contributed by atoms with Crippen molar-refractivity contribution in [3.05, 3.63) is 52.9 Å². The minimum Gasteiger partial charge on any atom is -0.460 e. The molecule has 110 valence electrons. The maximum Gasteiger partial charge on any atom is 0.325 e. The monoisotopic (exact) mass is 288 g/mol. The van der Waals surface area contributed by atoms with Crippen LogP contribution >= 0.6 is 0 Å². The minimum atomic E-state index is -0.501. The normalized spacial score (nSPS) is 10.2. The van der Waals surface area contributed by atoms with E-state index in [-0.39, 0.29) is 13.2 Å². The van der Waals surface area contributed by atoms with Gasteiger partial charge in [-0.15, -0.1) is 0 Å². The molecule has 2 aromatic rings. The van der Waals surface area contributed by atoms with E-state index in [1.54, 1.807) is 13.8 Å². The first-order valence-electron chi connectivity index (χ1n) is 6.48. The van der Waals surface area contributed by atoms with Crippen molar-refractivity contribution >= 4 is 11.9 Å². The molecule has 1 aromatic carbocycles. The van der Waals surface area contributed by atoms with Crippen molar-refractivity contribution in [1.29, 1.82) is 0 Å². The second-order valence-electron chi connectivity index (χ2n) is 4.53. The first-order chi connectivity index (χ1) is 10.1. The summed E-state index contributed by atoms with van der Waals surface area (Å²) in [4.78, 5) is 23.5. The van der Waals surface area contributed by atoms with Crippen LogP contribution in [0.25, 0.3) is 0 Å². The smallest absolute Gasteiger partial charge is 0.325 e. The van der Waals surface area contributed by atoms with Crippen LogP contribution in [0.5, 0.6) is 0 Å². The van der Waals surface area contributed by atoms with E-state index in [9.17, 15) is 9.59 Å². The highest BCUT2D eigenvalue weighted by Gasteiger charge is 2.18. The van der Waals surface area contributed by atoms with Crippen LogP contribution in [-0.4, -0.2) is 23.6 Å². The Hall–Kier alpha value is -2.63. The van der Waals surface area contributed by atoms with Crippen molar-refractivity contribution in [3.8, 4) is 0 Å². The Bertz CT molecular complexity index is 615. The van der Waals surface area contributed by atoms with Crippen LogP contribution in [0.2, 0.25) is 0 Å². The Balaban J connectivity index is 1.80. The van der Waals surface area contributed by atoms with Crippen LogP contribution in [0.4, 0.5) is 0 Å². The molecule has 2 rings (SSSR count). The average Bonchev–Trinajstić information content (AvgIpc) is 2.83. The van der Waals surface area contributed by atoms with Gasteiger partial charge < -0.3 is 14.6 Å². The molecule has 0 radical (unpaired) electrons. The van der Waals surface area contributed by atoms with E-state index in [2.05, 4.69) is 10.5 Å². The van der Waals surface area contributed by atoms with Crippen LogP contribution in [0.15, 0.2) is 34.9 Å². The molecule has 0 saturated heterocycles. The third kappa shape index (κ3) is 3.92. The number of esters is 1. The van der Waals surface area contributed by atoms with E-state index in [0.717, 1.165) is 5.56 Å². The van der Waals surface area contributed by atoms with E-state index >= 15 is 0 Å². The standard InChI is InChI=1S/C15H16N2O4/c1-10-14(11(2)21-17-10)15(19)16-8-13(18)20-9-12-6-4-3-5-7-12/h3-7H,8-9H2,1-2H3,(H,16,19). The van der Waals surface area contributed by atoms with Crippen molar-refractivity contribution in [1.82, 2.24) is 10.5 Å². The fourth-order valence-corrected chi connectivity index (χ4v) is 1.84. The number of rotatable bonds is 5. The van der Waals surface area contributed by atoms with E-state index in [1.807, 2.05) is 30.3 Å².